The molecule has 4 heteroatoms. The number of fused-ring (bicyclic) bond motifs is 2. The predicted molar refractivity (Wildman–Crippen MR) is 128 cm³/mol. The van der Waals surface area contributed by atoms with E-state index in [2.05, 4.69) is 83.9 Å². The van der Waals surface area contributed by atoms with Crippen molar-refractivity contribution in [3.05, 3.63) is 96.3 Å². The maximum atomic E-state index is 4.58. The Labute approximate surface area is 178 Å². The number of pyridine rings is 1. The van der Waals surface area contributed by atoms with E-state index < -0.39 is 0 Å². The maximum absolute atomic E-state index is 4.58. The smallest absolute Gasteiger partial charge is 0.130 e. The number of anilines is 1. The van der Waals surface area contributed by atoms with Crippen LogP contribution in [0.1, 0.15) is 29.2 Å². The summed E-state index contributed by atoms with van der Waals surface area (Å²) in [5, 5.41) is 5.62. The summed E-state index contributed by atoms with van der Waals surface area (Å²) in [6, 6.07) is 15.1. The Kier molecular flexibility index (Phi) is 5.42. The van der Waals surface area contributed by atoms with Gasteiger partial charge in [0.1, 0.15) is 5.82 Å². The van der Waals surface area contributed by atoms with E-state index >= 15 is 0 Å². The zero-order chi connectivity index (χ0) is 21.3. The molecule has 0 aliphatic carbocycles. The molecule has 4 nitrogen and oxygen atoms in total. The van der Waals surface area contributed by atoms with Crippen LogP contribution in [-0.2, 0) is 13.1 Å². The molecule has 0 unspecified atom stereocenters. The molecule has 3 aromatic rings. The van der Waals surface area contributed by atoms with Gasteiger partial charge in [0.15, 0.2) is 0 Å². The Morgan fingerprint density at radius 3 is 2.60 bits per heavy atom. The van der Waals surface area contributed by atoms with Gasteiger partial charge in [0.05, 0.1) is 0 Å². The molecule has 4 rings (SSSR count). The summed E-state index contributed by atoms with van der Waals surface area (Å²) in [6.45, 7) is 12.2. The van der Waals surface area contributed by atoms with Crippen LogP contribution in [0, 0.1) is 0 Å². The summed E-state index contributed by atoms with van der Waals surface area (Å²) in [4.78, 5) is 8.92. The van der Waals surface area contributed by atoms with Crippen LogP contribution in [0.15, 0.2) is 74.1 Å². The molecule has 0 bridgehead atoms. The molecule has 30 heavy (non-hydrogen) atoms. The van der Waals surface area contributed by atoms with Crippen LogP contribution < -0.4 is 5.32 Å². The van der Waals surface area contributed by atoms with E-state index in [1.54, 1.807) is 0 Å². The molecule has 1 aliphatic heterocycles. The molecule has 0 spiro atoms. The fourth-order valence-electron chi connectivity index (χ4n) is 4.02. The lowest BCUT2D eigenvalue weighted by Gasteiger charge is -2.18. The Balaban J connectivity index is 1.59. The van der Waals surface area contributed by atoms with Crippen molar-refractivity contribution in [2.45, 2.75) is 20.0 Å². The molecule has 152 valence electrons. The summed E-state index contributed by atoms with van der Waals surface area (Å²) in [6.07, 6.45) is 5.81. The van der Waals surface area contributed by atoms with Gasteiger partial charge in [0.25, 0.3) is 0 Å². The average molecular weight is 397 g/mol. The molecule has 0 fully saturated rings. The van der Waals surface area contributed by atoms with Crippen molar-refractivity contribution in [2.24, 2.45) is 0 Å². The molecule has 0 radical (unpaired) electrons. The molecule has 0 saturated heterocycles. The van der Waals surface area contributed by atoms with E-state index in [4.69, 9.17) is 0 Å². The van der Waals surface area contributed by atoms with Crippen LogP contribution in [0.3, 0.4) is 0 Å². The zero-order valence-electron chi connectivity index (χ0n) is 17.9. The molecule has 2 heterocycles. The molecule has 1 N–H and O–H groups in total. The molecule has 1 aliphatic rings. The van der Waals surface area contributed by atoms with Crippen LogP contribution in [-0.4, -0.2) is 28.9 Å². The maximum Gasteiger partial charge on any atom is 0.130 e. The van der Waals surface area contributed by atoms with Crippen molar-refractivity contribution in [2.75, 3.05) is 19.4 Å². The second kappa shape index (κ2) is 8.17. The Hall–Kier alpha value is -3.37. The van der Waals surface area contributed by atoms with E-state index in [1.165, 1.54) is 11.1 Å². The lowest BCUT2D eigenvalue weighted by Crippen LogP contribution is -2.08. The first-order chi connectivity index (χ1) is 14.5. The molecule has 1 aromatic heterocycles. The van der Waals surface area contributed by atoms with Gasteiger partial charge in [-0.05, 0) is 66.0 Å². The lowest BCUT2D eigenvalue weighted by molar-refractivity contribution is 0.353. The third-order valence-corrected chi connectivity index (χ3v) is 5.66. The third kappa shape index (κ3) is 3.87. The number of aromatic nitrogens is 1. The summed E-state index contributed by atoms with van der Waals surface area (Å²) in [7, 11) is 4.15. The van der Waals surface area contributed by atoms with Crippen molar-refractivity contribution >= 4 is 28.0 Å². The first kappa shape index (κ1) is 19.9. The Bertz CT molecular complexity index is 1160. The molecule has 2 aromatic carbocycles. The minimum atomic E-state index is 0.793. The van der Waals surface area contributed by atoms with Crippen LogP contribution in [0.2, 0.25) is 0 Å². The highest BCUT2D eigenvalue weighted by atomic mass is 15.1. The van der Waals surface area contributed by atoms with Gasteiger partial charge >= 0.3 is 0 Å². The van der Waals surface area contributed by atoms with Gasteiger partial charge in [0, 0.05) is 43.1 Å². The minimum Gasteiger partial charge on any atom is -0.351 e. The first-order valence-corrected chi connectivity index (χ1v) is 10.2. The van der Waals surface area contributed by atoms with Crippen LogP contribution in [0.4, 0.5) is 5.82 Å². The van der Waals surface area contributed by atoms with Crippen LogP contribution in [0.25, 0.3) is 22.2 Å². The average Bonchev–Trinajstić information content (AvgIpc) is 3.13. The first-order valence-electron chi connectivity index (χ1n) is 10.2. The van der Waals surface area contributed by atoms with Crippen LogP contribution >= 0.6 is 0 Å². The normalized spacial score (nSPS) is 13.9. The highest BCUT2D eigenvalue weighted by Gasteiger charge is 2.16. The van der Waals surface area contributed by atoms with Crippen molar-refractivity contribution in [1.29, 1.82) is 0 Å². The Morgan fingerprint density at radius 2 is 1.83 bits per heavy atom. The predicted octanol–water partition coefficient (Wildman–Crippen LogP) is 5.70. The quantitative estimate of drug-likeness (QED) is 0.579. The second-order valence-electron chi connectivity index (χ2n) is 7.86. The van der Waals surface area contributed by atoms with Gasteiger partial charge in [0.2, 0.25) is 0 Å². The van der Waals surface area contributed by atoms with Crippen molar-refractivity contribution in [3.8, 4) is 0 Å². The molecule has 0 saturated carbocycles. The van der Waals surface area contributed by atoms with E-state index in [9.17, 15) is 0 Å². The molecule has 0 amide bonds. The fraction of sp³-hybridized carbons (Fsp3) is 0.192. The van der Waals surface area contributed by atoms with Gasteiger partial charge in [-0.3, -0.25) is 4.90 Å². The van der Waals surface area contributed by atoms with Crippen LogP contribution in [0.5, 0.6) is 0 Å². The SMILES string of the molecule is C=CN(C)/C(=C\C)c1ccc2cnc(NC(=C)c3ccc4c(c3)CN(C)C4)cc2c1. The van der Waals surface area contributed by atoms with Gasteiger partial charge in [-0.2, -0.15) is 0 Å². The minimum absolute atomic E-state index is 0.793. The Morgan fingerprint density at radius 1 is 1.07 bits per heavy atom. The topological polar surface area (TPSA) is 31.4 Å². The van der Waals surface area contributed by atoms with Gasteiger partial charge < -0.3 is 10.2 Å². The zero-order valence-corrected chi connectivity index (χ0v) is 17.9. The summed E-state index contributed by atoms with van der Waals surface area (Å²) >= 11 is 0. The van der Waals surface area contributed by atoms with E-state index in [-0.39, 0.29) is 0 Å². The summed E-state index contributed by atoms with van der Waals surface area (Å²) in [5.74, 6) is 0.793. The molecule has 0 atom stereocenters. The standard InChI is InChI=1S/C26H28N4/c1-6-25(30(5)7-2)20-9-10-21-15-27-26(14-23(21)13-20)28-18(3)19-8-11-22-16-29(4)17-24(22)12-19/h6-15H,2-3,16-17H2,1,4-5H3,(H,27,28)/b25-6-. The van der Waals surface area contributed by atoms with E-state index in [0.717, 1.165) is 52.2 Å². The van der Waals surface area contributed by atoms with E-state index in [1.807, 2.05) is 31.3 Å². The second-order valence-corrected chi connectivity index (χ2v) is 7.86. The number of allylic oxidation sites excluding steroid dienone is 1. The number of benzene rings is 2. The highest BCUT2D eigenvalue weighted by Crippen LogP contribution is 2.27. The number of hydrogen-bond donors (Lipinski definition) is 1. The van der Waals surface area contributed by atoms with Gasteiger partial charge in [-0.25, -0.2) is 4.98 Å². The largest absolute Gasteiger partial charge is 0.351 e. The number of nitrogens with one attached hydrogen (secondary N) is 1. The number of nitrogens with zero attached hydrogens (tertiary/aromatic N) is 3. The van der Waals surface area contributed by atoms with E-state index in [0.29, 0.717) is 0 Å². The molecular formula is C26H28N4. The monoisotopic (exact) mass is 396 g/mol. The van der Waals surface area contributed by atoms with Crippen molar-refractivity contribution < 1.29 is 0 Å². The lowest BCUT2D eigenvalue weighted by atomic mass is 10.0. The highest BCUT2D eigenvalue weighted by molar-refractivity contribution is 5.88. The van der Waals surface area contributed by atoms with Gasteiger partial charge in [-0.15, -0.1) is 0 Å². The summed E-state index contributed by atoms with van der Waals surface area (Å²) in [5.41, 5.74) is 6.99. The number of rotatable bonds is 6. The fourth-order valence-corrected chi connectivity index (χ4v) is 4.02. The number of hydrogen-bond acceptors (Lipinski definition) is 4. The van der Waals surface area contributed by atoms with Crippen molar-refractivity contribution in [1.82, 2.24) is 14.8 Å². The van der Waals surface area contributed by atoms with Gasteiger partial charge in [-0.1, -0.05) is 43.5 Å². The van der Waals surface area contributed by atoms with Crippen molar-refractivity contribution in [3.63, 3.8) is 0 Å². The molecular weight excluding hydrogens is 368 g/mol. The third-order valence-electron chi connectivity index (χ3n) is 5.66. The summed E-state index contributed by atoms with van der Waals surface area (Å²) < 4.78 is 0.